The van der Waals surface area contributed by atoms with Crippen LogP contribution in [-0.4, -0.2) is 0 Å². The molecule has 0 atom stereocenters. The first-order chi connectivity index (χ1) is 20.4. The van der Waals surface area contributed by atoms with E-state index in [1.54, 1.807) is 0 Å². The van der Waals surface area contributed by atoms with E-state index in [9.17, 15) is 0 Å². The SMILES string of the molecule is c1ccc(C2=C3C(=C(c4ccc(N(c5ccccc5)c5ccccc5)cc4)c4ccccc43)c3ccccc32)cc1. The molecule has 0 saturated carbocycles. The van der Waals surface area contributed by atoms with E-state index in [0.29, 0.717) is 0 Å². The summed E-state index contributed by atoms with van der Waals surface area (Å²) in [7, 11) is 0. The molecule has 8 rings (SSSR count). The van der Waals surface area contributed by atoms with Crippen LogP contribution in [0.2, 0.25) is 0 Å². The van der Waals surface area contributed by atoms with Gasteiger partial charge in [-0.1, -0.05) is 127 Å². The molecular formula is C40H27N. The van der Waals surface area contributed by atoms with Crippen LogP contribution in [0.15, 0.2) is 164 Å². The second kappa shape index (κ2) is 9.66. The number of rotatable bonds is 5. The number of fused-ring (bicyclic) bond motifs is 5. The fourth-order valence-electron chi connectivity index (χ4n) is 6.48. The van der Waals surface area contributed by atoms with Crippen molar-refractivity contribution in [3.05, 3.63) is 197 Å². The van der Waals surface area contributed by atoms with Crippen molar-refractivity contribution >= 4 is 39.4 Å². The summed E-state index contributed by atoms with van der Waals surface area (Å²) in [5, 5.41) is 0. The van der Waals surface area contributed by atoms with E-state index in [1.807, 2.05) is 0 Å². The molecule has 0 aromatic heterocycles. The molecule has 6 aromatic carbocycles. The van der Waals surface area contributed by atoms with Crippen molar-refractivity contribution in [2.75, 3.05) is 4.90 Å². The highest BCUT2D eigenvalue weighted by atomic mass is 15.1. The Bertz CT molecular complexity index is 1910. The minimum Gasteiger partial charge on any atom is -0.311 e. The third-order valence-electron chi connectivity index (χ3n) is 8.19. The van der Waals surface area contributed by atoms with E-state index in [4.69, 9.17) is 0 Å². The van der Waals surface area contributed by atoms with Crippen molar-refractivity contribution in [2.24, 2.45) is 0 Å². The van der Waals surface area contributed by atoms with Gasteiger partial charge in [-0.05, 0) is 92.1 Å². The van der Waals surface area contributed by atoms with Crippen LogP contribution in [0.25, 0.3) is 22.3 Å². The molecule has 2 aliphatic rings. The Morgan fingerprint density at radius 1 is 0.244 bits per heavy atom. The summed E-state index contributed by atoms with van der Waals surface area (Å²) >= 11 is 0. The van der Waals surface area contributed by atoms with Crippen molar-refractivity contribution < 1.29 is 0 Å². The highest BCUT2D eigenvalue weighted by Crippen LogP contribution is 2.58. The van der Waals surface area contributed by atoms with Gasteiger partial charge in [-0.15, -0.1) is 0 Å². The zero-order chi connectivity index (χ0) is 27.2. The van der Waals surface area contributed by atoms with Crippen molar-refractivity contribution in [3.8, 4) is 0 Å². The molecule has 0 saturated heterocycles. The summed E-state index contributed by atoms with van der Waals surface area (Å²) in [4.78, 5) is 2.31. The first-order valence-electron chi connectivity index (χ1n) is 14.1. The summed E-state index contributed by atoms with van der Waals surface area (Å²) in [6, 6.07) is 58.9. The van der Waals surface area contributed by atoms with Gasteiger partial charge in [-0.2, -0.15) is 0 Å². The van der Waals surface area contributed by atoms with Gasteiger partial charge in [-0.25, -0.2) is 0 Å². The molecule has 0 amide bonds. The molecular weight excluding hydrogens is 494 g/mol. The second-order valence-corrected chi connectivity index (χ2v) is 10.5. The van der Waals surface area contributed by atoms with Gasteiger partial charge in [0.05, 0.1) is 0 Å². The predicted molar refractivity (Wildman–Crippen MR) is 172 cm³/mol. The van der Waals surface area contributed by atoms with Gasteiger partial charge in [0.25, 0.3) is 0 Å². The number of anilines is 3. The highest BCUT2D eigenvalue weighted by Gasteiger charge is 2.37. The van der Waals surface area contributed by atoms with E-state index in [1.165, 1.54) is 55.7 Å². The fourth-order valence-corrected chi connectivity index (χ4v) is 6.48. The van der Waals surface area contributed by atoms with Crippen molar-refractivity contribution in [3.63, 3.8) is 0 Å². The molecule has 1 heteroatoms. The third-order valence-corrected chi connectivity index (χ3v) is 8.19. The van der Waals surface area contributed by atoms with Crippen LogP contribution in [0.5, 0.6) is 0 Å². The molecule has 0 aliphatic heterocycles. The predicted octanol–water partition coefficient (Wildman–Crippen LogP) is 10.4. The van der Waals surface area contributed by atoms with E-state index in [-0.39, 0.29) is 0 Å². The molecule has 2 aliphatic carbocycles. The molecule has 0 bridgehead atoms. The molecule has 41 heavy (non-hydrogen) atoms. The van der Waals surface area contributed by atoms with Crippen molar-refractivity contribution in [1.29, 1.82) is 0 Å². The Morgan fingerprint density at radius 2 is 0.561 bits per heavy atom. The Kier molecular flexibility index (Phi) is 5.53. The van der Waals surface area contributed by atoms with E-state index < -0.39 is 0 Å². The molecule has 6 aromatic rings. The first kappa shape index (κ1) is 23.5. The van der Waals surface area contributed by atoms with Crippen LogP contribution < -0.4 is 4.90 Å². The van der Waals surface area contributed by atoms with Gasteiger partial charge in [0, 0.05) is 17.1 Å². The van der Waals surface area contributed by atoms with E-state index in [0.717, 1.165) is 17.1 Å². The number of benzene rings is 6. The van der Waals surface area contributed by atoms with Crippen molar-refractivity contribution in [2.45, 2.75) is 0 Å². The average Bonchev–Trinajstić information content (AvgIpc) is 3.56. The van der Waals surface area contributed by atoms with E-state index >= 15 is 0 Å². The number of nitrogens with zero attached hydrogens (tertiary/aromatic N) is 1. The molecule has 0 fully saturated rings. The van der Waals surface area contributed by atoms with Crippen LogP contribution in [-0.2, 0) is 0 Å². The molecule has 192 valence electrons. The Morgan fingerprint density at radius 3 is 1.00 bits per heavy atom. The second-order valence-electron chi connectivity index (χ2n) is 10.5. The van der Waals surface area contributed by atoms with Crippen LogP contribution in [0.1, 0.15) is 33.4 Å². The largest absolute Gasteiger partial charge is 0.311 e. The molecule has 1 nitrogen and oxygen atoms in total. The van der Waals surface area contributed by atoms with Gasteiger partial charge < -0.3 is 4.90 Å². The lowest BCUT2D eigenvalue weighted by atomic mass is 9.92. The number of hydrogen-bond donors (Lipinski definition) is 0. The van der Waals surface area contributed by atoms with Crippen molar-refractivity contribution in [1.82, 2.24) is 0 Å². The summed E-state index contributed by atoms with van der Waals surface area (Å²) in [6.07, 6.45) is 0. The van der Waals surface area contributed by atoms with Crippen LogP contribution in [0, 0.1) is 0 Å². The number of para-hydroxylation sites is 2. The van der Waals surface area contributed by atoms with Gasteiger partial charge in [0.2, 0.25) is 0 Å². The first-order valence-corrected chi connectivity index (χ1v) is 14.1. The quantitative estimate of drug-likeness (QED) is 0.218. The average molecular weight is 522 g/mol. The lowest BCUT2D eigenvalue weighted by molar-refractivity contribution is 1.28. The van der Waals surface area contributed by atoms with Gasteiger partial charge >= 0.3 is 0 Å². The monoisotopic (exact) mass is 521 g/mol. The molecule has 0 spiro atoms. The fraction of sp³-hybridized carbons (Fsp3) is 0. The maximum atomic E-state index is 2.31. The maximum Gasteiger partial charge on any atom is 0.0462 e. The van der Waals surface area contributed by atoms with Crippen LogP contribution >= 0.6 is 0 Å². The summed E-state index contributed by atoms with van der Waals surface area (Å²) in [5.41, 5.74) is 16.5. The lowest BCUT2D eigenvalue weighted by Gasteiger charge is -2.25. The lowest BCUT2D eigenvalue weighted by Crippen LogP contribution is -2.09. The maximum absolute atomic E-state index is 2.31. The smallest absolute Gasteiger partial charge is 0.0462 e. The van der Waals surface area contributed by atoms with Crippen LogP contribution in [0.3, 0.4) is 0 Å². The number of hydrogen-bond acceptors (Lipinski definition) is 1. The Labute approximate surface area is 241 Å². The summed E-state index contributed by atoms with van der Waals surface area (Å²) in [6.45, 7) is 0. The normalized spacial score (nSPS) is 13.2. The standard InChI is InChI=1S/C40H27N/c1-4-14-28(15-5-1)37-33-20-10-12-22-35(33)40-38(34-21-11-13-23-36(34)39(37)40)29-24-26-32(27-25-29)41(30-16-6-2-7-17-30)31-18-8-3-9-19-31/h1-27H. The van der Waals surface area contributed by atoms with E-state index in [2.05, 4.69) is 169 Å². The van der Waals surface area contributed by atoms with Gasteiger partial charge in [-0.3, -0.25) is 0 Å². The van der Waals surface area contributed by atoms with Crippen LogP contribution in [0.4, 0.5) is 17.1 Å². The Hall–Kier alpha value is -5.40. The van der Waals surface area contributed by atoms with Gasteiger partial charge in [0.1, 0.15) is 0 Å². The zero-order valence-electron chi connectivity index (χ0n) is 22.5. The topological polar surface area (TPSA) is 3.24 Å². The summed E-state index contributed by atoms with van der Waals surface area (Å²) in [5.74, 6) is 0. The zero-order valence-corrected chi connectivity index (χ0v) is 22.5. The molecule has 0 N–H and O–H groups in total. The minimum absolute atomic E-state index is 1.13. The highest BCUT2D eigenvalue weighted by molar-refractivity contribution is 6.35. The third kappa shape index (κ3) is 3.78. The molecule has 0 heterocycles. The van der Waals surface area contributed by atoms with Gasteiger partial charge in [0.15, 0.2) is 0 Å². The summed E-state index contributed by atoms with van der Waals surface area (Å²) < 4.78 is 0. The molecule has 0 radical (unpaired) electrons. The number of allylic oxidation sites excluding steroid dienone is 2. The Balaban J connectivity index is 1.33. The minimum atomic E-state index is 1.13. The molecule has 0 unspecified atom stereocenters.